The molecule has 0 atom stereocenters. The van der Waals surface area contributed by atoms with E-state index >= 15 is 0 Å². The lowest BCUT2D eigenvalue weighted by Crippen LogP contribution is -2.30. The number of hydrogen-bond acceptors (Lipinski definition) is 7. The molecular formula is C16H16N6O2S. The normalized spacial score (nSPS) is 14.9. The van der Waals surface area contributed by atoms with Crippen molar-refractivity contribution in [2.75, 3.05) is 5.32 Å². The molecule has 1 fully saturated rings. The smallest absolute Gasteiger partial charge is 0.278 e. The van der Waals surface area contributed by atoms with Crippen molar-refractivity contribution in [1.29, 1.82) is 0 Å². The highest BCUT2D eigenvalue weighted by Gasteiger charge is 2.21. The van der Waals surface area contributed by atoms with E-state index in [-0.39, 0.29) is 18.0 Å². The van der Waals surface area contributed by atoms with E-state index in [9.17, 15) is 9.59 Å². The van der Waals surface area contributed by atoms with Crippen molar-refractivity contribution in [3.05, 3.63) is 39.6 Å². The molecule has 2 aromatic heterocycles. The van der Waals surface area contributed by atoms with Crippen molar-refractivity contribution in [1.82, 2.24) is 25.2 Å². The van der Waals surface area contributed by atoms with Gasteiger partial charge in [-0.25, -0.2) is 4.68 Å². The second-order valence-electron chi connectivity index (χ2n) is 6.04. The molecule has 25 heavy (non-hydrogen) atoms. The van der Waals surface area contributed by atoms with Gasteiger partial charge < -0.3 is 0 Å². The molecule has 8 nitrogen and oxygen atoms in total. The summed E-state index contributed by atoms with van der Waals surface area (Å²) < 4.78 is 1.05. The number of nitrogens with zero attached hydrogens (tertiary/aromatic N) is 5. The van der Waals surface area contributed by atoms with Gasteiger partial charge in [-0.15, -0.1) is 15.3 Å². The Morgan fingerprint density at radius 3 is 2.84 bits per heavy atom. The number of benzene rings is 1. The molecule has 0 saturated heterocycles. The highest BCUT2D eigenvalue weighted by Crippen LogP contribution is 2.36. The Balaban J connectivity index is 1.47. The summed E-state index contributed by atoms with van der Waals surface area (Å²) in [5.41, 5.74) is 0.166. The van der Waals surface area contributed by atoms with Crippen molar-refractivity contribution in [2.24, 2.45) is 0 Å². The van der Waals surface area contributed by atoms with Gasteiger partial charge in [-0.2, -0.15) is 0 Å². The Morgan fingerprint density at radius 2 is 2.00 bits per heavy atom. The fourth-order valence-corrected chi connectivity index (χ4v) is 3.97. The van der Waals surface area contributed by atoms with Gasteiger partial charge in [-0.3, -0.25) is 14.9 Å². The van der Waals surface area contributed by atoms with E-state index in [2.05, 4.69) is 25.8 Å². The summed E-state index contributed by atoms with van der Waals surface area (Å²) in [6.07, 6.45) is 4.69. The van der Waals surface area contributed by atoms with Gasteiger partial charge in [0.15, 0.2) is 0 Å². The quantitative estimate of drug-likeness (QED) is 0.766. The Kier molecular flexibility index (Phi) is 4.22. The van der Waals surface area contributed by atoms with Gasteiger partial charge in [0.05, 0.1) is 5.39 Å². The zero-order valence-corrected chi connectivity index (χ0v) is 14.2. The molecule has 4 rings (SSSR count). The molecule has 0 bridgehead atoms. The van der Waals surface area contributed by atoms with Crippen LogP contribution in [-0.4, -0.2) is 31.1 Å². The maximum absolute atomic E-state index is 12.3. The highest BCUT2D eigenvalue weighted by molar-refractivity contribution is 7.15. The molecule has 1 N–H and O–H groups in total. The molecule has 1 aromatic carbocycles. The topological polar surface area (TPSA) is 103 Å². The standard InChI is InChI=1S/C16H16N6O2S/c23-13(17-16-20-19-14(25-16)10-5-1-2-6-10)9-22-15(24)11-7-3-4-8-12(11)18-21-22/h3-4,7-8,10H,1-2,5-6,9H2,(H,17,20,23). The number of carbonyl (C=O) groups is 1. The zero-order chi connectivity index (χ0) is 17.2. The Labute approximate surface area is 146 Å². The minimum Gasteiger partial charge on any atom is -0.299 e. The van der Waals surface area contributed by atoms with E-state index in [1.54, 1.807) is 24.3 Å². The number of carbonyl (C=O) groups excluding carboxylic acids is 1. The maximum Gasteiger partial charge on any atom is 0.278 e. The van der Waals surface area contributed by atoms with Crippen molar-refractivity contribution in [2.45, 2.75) is 38.1 Å². The van der Waals surface area contributed by atoms with Crippen LogP contribution in [0, 0.1) is 0 Å². The van der Waals surface area contributed by atoms with Crippen LogP contribution in [0.2, 0.25) is 0 Å². The zero-order valence-electron chi connectivity index (χ0n) is 13.4. The maximum atomic E-state index is 12.3. The minimum atomic E-state index is -0.374. The predicted molar refractivity (Wildman–Crippen MR) is 93.5 cm³/mol. The Hall–Kier alpha value is -2.68. The predicted octanol–water partition coefficient (Wildman–Crippen LogP) is 1.94. The first-order valence-corrected chi connectivity index (χ1v) is 8.98. The van der Waals surface area contributed by atoms with E-state index in [4.69, 9.17) is 0 Å². The van der Waals surface area contributed by atoms with Crippen LogP contribution in [0.4, 0.5) is 5.13 Å². The Bertz CT molecular complexity index is 976. The van der Waals surface area contributed by atoms with E-state index in [1.807, 2.05) is 0 Å². The number of amides is 1. The molecule has 128 valence electrons. The van der Waals surface area contributed by atoms with Crippen LogP contribution in [0.25, 0.3) is 10.9 Å². The number of fused-ring (bicyclic) bond motifs is 1. The van der Waals surface area contributed by atoms with Gasteiger partial charge in [-0.1, -0.05) is 41.5 Å². The van der Waals surface area contributed by atoms with Gasteiger partial charge in [0, 0.05) is 5.92 Å². The van der Waals surface area contributed by atoms with Crippen LogP contribution in [-0.2, 0) is 11.3 Å². The molecule has 1 aliphatic rings. The fourth-order valence-electron chi connectivity index (χ4n) is 3.04. The van der Waals surface area contributed by atoms with E-state index in [0.29, 0.717) is 22.0 Å². The number of anilines is 1. The SMILES string of the molecule is O=C(Cn1nnc2ccccc2c1=O)Nc1nnc(C2CCCC2)s1. The summed E-state index contributed by atoms with van der Waals surface area (Å²) in [4.78, 5) is 24.6. The molecule has 2 heterocycles. The first-order chi connectivity index (χ1) is 12.2. The lowest BCUT2D eigenvalue weighted by atomic mass is 10.1. The third-order valence-electron chi connectivity index (χ3n) is 4.31. The molecule has 0 radical (unpaired) electrons. The second-order valence-corrected chi connectivity index (χ2v) is 7.05. The number of hydrogen-bond donors (Lipinski definition) is 1. The summed E-state index contributed by atoms with van der Waals surface area (Å²) in [6.45, 7) is -0.213. The molecule has 3 aromatic rings. The van der Waals surface area contributed by atoms with Gasteiger partial charge in [-0.05, 0) is 25.0 Å². The first kappa shape index (κ1) is 15.8. The Morgan fingerprint density at radius 1 is 1.20 bits per heavy atom. The molecule has 1 aliphatic carbocycles. The van der Waals surface area contributed by atoms with Gasteiger partial charge in [0.1, 0.15) is 17.1 Å². The average molecular weight is 356 g/mol. The van der Waals surface area contributed by atoms with E-state index in [0.717, 1.165) is 22.5 Å². The third-order valence-corrected chi connectivity index (χ3v) is 5.32. The molecule has 0 spiro atoms. The lowest BCUT2D eigenvalue weighted by Gasteiger charge is -2.04. The summed E-state index contributed by atoms with van der Waals surface area (Å²) in [5, 5.41) is 20.5. The lowest BCUT2D eigenvalue weighted by molar-refractivity contribution is -0.117. The summed E-state index contributed by atoms with van der Waals surface area (Å²) in [5.74, 6) is 0.0814. The molecular weight excluding hydrogens is 340 g/mol. The first-order valence-electron chi connectivity index (χ1n) is 8.16. The van der Waals surface area contributed by atoms with Crippen LogP contribution < -0.4 is 10.9 Å². The molecule has 0 aliphatic heterocycles. The average Bonchev–Trinajstić information content (AvgIpc) is 3.29. The number of aromatic nitrogens is 5. The van der Waals surface area contributed by atoms with E-state index in [1.165, 1.54) is 24.2 Å². The highest BCUT2D eigenvalue weighted by atomic mass is 32.1. The fraction of sp³-hybridized carbons (Fsp3) is 0.375. The second kappa shape index (κ2) is 6.67. The molecule has 1 amide bonds. The van der Waals surface area contributed by atoms with Crippen molar-refractivity contribution in [3.8, 4) is 0 Å². The van der Waals surface area contributed by atoms with Crippen molar-refractivity contribution in [3.63, 3.8) is 0 Å². The summed E-state index contributed by atoms with van der Waals surface area (Å²) >= 11 is 1.40. The molecule has 9 heteroatoms. The summed E-state index contributed by atoms with van der Waals surface area (Å²) in [7, 11) is 0. The molecule has 1 saturated carbocycles. The van der Waals surface area contributed by atoms with Gasteiger partial charge >= 0.3 is 0 Å². The van der Waals surface area contributed by atoms with Gasteiger partial charge in [0.25, 0.3) is 5.56 Å². The number of rotatable bonds is 4. The molecule has 0 unspecified atom stereocenters. The monoisotopic (exact) mass is 356 g/mol. The minimum absolute atomic E-state index is 0.213. The van der Waals surface area contributed by atoms with Gasteiger partial charge in [0.2, 0.25) is 11.0 Å². The van der Waals surface area contributed by atoms with E-state index < -0.39 is 0 Å². The summed E-state index contributed by atoms with van der Waals surface area (Å²) in [6, 6.07) is 6.91. The third kappa shape index (κ3) is 3.27. The van der Waals surface area contributed by atoms with Crippen LogP contribution in [0.1, 0.15) is 36.6 Å². The van der Waals surface area contributed by atoms with Crippen LogP contribution in [0.5, 0.6) is 0 Å². The number of nitrogens with one attached hydrogen (secondary N) is 1. The van der Waals surface area contributed by atoms with Crippen LogP contribution >= 0.6 is 11.3 Å². The van der Waals surface area contributed by atoms with Crippen LogP contribution in [0.3, 0.4) is 0 Å². The largest absolute Gasteiger partial charge is 0.299 e. The van der Waals surface area contributed by atoms with Crippen molar-refractivity contribution >= 4 is 33.3 Å². The van der Waals surface area contributed by atoms with Crippen molar-refractivity contribution < 1.29 is 4.79 Å². The van der Waals surface area contributed by atoms with Crippen LogP contribution in [0.15, 0.2) is 29.1 Å².